The summed E-state index contributed by atoms with van der Waals surface area (Å²) in [5.41, 5.74) is 1.77. The quantitative estimate of drug-likeness (QED) is 0.689. The topological polar surface area (TPSA) is 33.1 Å². The molecule has 0 aliphatic carbocycles. The summed E-state index contributed by atoms with van der Waals surface area (Å²) in [6.45, 7) is 0. The SMILES string of the molecule is O/C(=C\c1nc2ccccc2s1)c1ccccc1. The minimum Gasteiger partial charge on any atom is -0.507 e. The summed E-state index contributed by atoms with van der Waals surface area (Å²) in [6.07, 6.45) is 1.71. The molecule has 0 atom stereocenters. The van der Waals surface area contributed by atoms with Gasteiger partial charge in [-0.1, -0.05) is 42.5 Å². The van der Waals surface area contributed by atoms with Crippen LogP contribution in [0.3, 0.4) is 0 Å². The van der Waals surface area contributed by atoms with Crippen LogP contribution in [0.1, 0.15) is 10.6 Å². The Hall–Kier alpha value is -2.13. The van der Waals surface area contributed by atoms with Gasteiger partial charge in [0.2, 0.25) is 0 Å². The summed E-state index contributed by atoms with van der Waals surface area (Å²) in [7, 11) is 0. The molecule has 0 saturated heterocycles. The average molecular weight is 253 g/mol. The van der Waals surface area contributed by atoms with E-state index in [9.17, 15) is 5.11 Å². The standard InChI is InChI=1S/C15H11NOS/c17-13(11-6-2-1-3-7-11)10-15-16-12-8-4-5-9-14(12)18-15/h1-10,17H/b13-10-. The largest absolute Gasteiger partial charge is 0.507 e. The molecule has 3 rings (SSSR count). The zero-order chi connectivity index (χ0) is 12.4. The zero-order valence-corrected chi connectivity index (χ0v) is 10.4. The minimum absolute atomic E-state index is 0.245. The second kappa shape index (κ2) is 4.63. The number of benzene rings is 2. The maximum atomic E-state index is 10.0. The van der Waals surface area contributed by atoms with Crippen molar-refractivity contribution in [3.8, 4) is 0 Å². The monoisotopic (exact) mass is 253 g/mol. The lowest BCUT2D eigenvalue weighted by molar-refractivity contribution is 0.515. The van der Waals surface area contributed by atoms with Crippen molar-refractivity contribution in [1.82, 2.24) is 4.98 Å². The van der Waals surface area contributed by atoms with E-state index in [1.165, 1.54) is 0 Å². The Labute approximate surface area is 109 Å². The normalized spacial score (nSPS) is 11.9. The van der Waals surface area contributed by atoms with Crippen molar-refractivity contribution in [2.75, 3.05) is 0 Å². The van der Waals surface area contributed by atoms with Gasteiger partial charge in [-0.25, -0.2) is 4.98 Å². The van der Waals surface area contributed by atoms with Crippen molar-refractivity contribution in [3.63, 3.8) is 0 Å². The molecule has 1 aromatic heterocycles. The Bertz CT molecular complexity index is 668. The number of aliphatic hydroxyl groups is 1. The maximum absolute atomic E-state index is 10.0. The van der Waals surface area contributed by atoms with E-state index in [2.05, 4.69) is 4.98 Å². The number of aromatic nitrogens is 1. The van der Waals surface area contributed by atoms with Crippen LogP contribution in [0.5, 0.6) is 0 Å². The van der Waals surface area contributed by atoms with Crippen molar-refractivity contribution in [2.45, 2.75) is 0 Å². The minimum atomic E-state index is 0.245. The van der Waals surface area contributed by atoms with Crippen molar-refractivity contribution in [3.05, 3.63) is 65.2 Å². The fourth-order valence-electron chi connectivity index (χ4n) is 1.76. The molecule has 0 fully saturated rings. The molecular formula is C15H11NOS. The first-order chi connectivity index (χ1) is 8.83. The summed E-state index contributed by atoms with van der Waals surface area (Å²) in [5.74, 6) is 0.245. The van der Waals surface area contributed by atoms with Gasteiger partial charge in [0.1, 0.15) is 10.8 Å². The third-order valence-corrected chi connectivity index (χ3v) is 3.62. The van der Waals surface area contributed by atoms with Crippen molar-refractivity contribution >= 4 is 33.4 Å². The van der Waals surface area contributed by atoms with Crippen LogP contribution >= 0.6 is 11.3 Å². The Balaban J connectivity index is 2.00. The Kier molecular flexibility index (Phi) is 2.82. The molecule has 0 spiro atoms. The van der Waals surface area contributed by atoms with E-state index in [-0.39, 0.29) is 5.76 Å². The van der Waals surface area contributed by atoms with E-state index < -0.39 is 0 Å². The molecule has 0 amide bonds. The molecule has 88 valence electrons. The van der Waals surface area contributed by atoms with Gasteiger partial charge in [0.05, 0.1) is 10.2 Å². The van der Waals surface area contributed by atoms with Crippen LogP contribution in [0.2, 0.25) is 0 Å². The van der Waals surface area contributed by atoms with E-state index in [0.29, 0.717) is 0 Å². The first-order valence-corrected chi connectivity index (χ1v) is 6.46. The predicted octanol–water partition coefficient (Wildman–Crippen LogP) is 4.35. The molecule has 3 heteroatoms. The van der Waals surface area contributed by atoms with Gasteiger partial charge < -0.3 is 5.11 Å². The van der Waals surface area contributed by atoms with E-state index in [1.54, 1.807) is 17.4 Å². The summed E-state index contributed by atoms with van der Waals surface area (Å²) in [4.78, 5) is 4.46. The second-order valence-electron chi connectivity index (χ2n) is 3.92. The van der Waals surface area contributed by atoms with Gasteiger partial charge in [0, 0.05) is 11.6 Å². The van der Waals surface area contributed by atoms with E-state index >= 15 is 0 Å². The maximum Gasteiger partial charge on any atom is 0.125 e. The first kappa shape index (κ1) is 11.0. The highest BCUT2D eigenvalue weighted by atomic mass is 32.1. The lowest BCUT2D eigenvalue weighted by Gasteiger charge is -1.97. The molecule has 0 aliphatic rings. The number of fused-ring (bicyclic) bond motifs is 1. The smallest absolute Gasteiger partial charge is 0.125 e. The molecule has 2 nitrogen and oxygen atoms in total. The first-order valence-electron chi connectivity index (χ1n) is 5.64. The van der Waals surface area contributed by atoms with Crippen LogP contribution in [0.4, 0.5) is 0 Å². The average Bonchev–Trinajstić information content (AvgIpc) is 2.82. The van der Waals surface area contributed by atoms with Gasteiger partial charge in [0.25, 0.3) is 0 Å². The number of hydrogen-bond acceptors (Lipinski definition) is 3. The van der Waals surface area contributed by atoms with Gasteiger partial charge in [-0.15, -0.1) is 11.3 Å². The van der Waals surface area contributed by atoms with Crippen LogP contribution in [0, 0.1) is 0 Å². The Morgan fingerprint density at radius 2 is 1.72 bits per heavy atom. The number of aliphatic hydroxyl groups excluding tert-OH is 1. The fraction of sp³-hybridized carbons (Fsp3) is 0. The van der Waals surface area contributed by atoms with Crippen molar-refractivity contribution < 1.29 is 5.11 Å². The van der Waals surface area contributed by atoms with Crippen LogP contribution in [0.15, 0.2) is 54.6 Å². The Morgan fingerprint density at radius 1 is 1.00 bits per heavy atom. The Morgan fingerprint density at radius 3 is 2.50 bits per heavy atom. The molecule has 1 heterocycles. The molecule has 2 aromatic carbocycles. The predicted molar refractivity (Wildman–Crippen MR) is 76.6 cm³/mol. The molecule has 1 N–H and O–H groups in total. The summed E-state index contributed by atoms with van der Waals surface area (Å²) in [5, 5.41) is 10.8. The van der Waals surface area contributed by atoms with E-state index in [4.69, 9.17) is 0 Å². The molecule has 0 unspecified atom stereocenters. The van der Waals surface area contributed by atoms with Gasteiger partial charge >= 0.3 is 0 Å². The molecule has 0 aliphatic heterocycles. The summed E-state index contributed by atoms with van der Waals surface area (Å²) >= 11 is 1.57. The van der Waals surface area contributed by atoms with Crippen molar-refractivity contribution in [2.24, 2.45) is 0 Å². The fourth-order valence-corrected chi connectivity index (χ4v) is 2.67. The van der Waals surface area contributed by atoms with Crippen molar-refractivity contribution in [1.29, 1.82) is 0 Å². The number of rotatable bonds is 2. The van der Waals surface area contributed by atoms with E-state index in [1.807, 2.05) is 54.6 Å². The summed E-state index contributed by atoms with van der Waals surface area (Å²) < 4.78 is 1.13. The number of hydrogen-bond donors (Lipinski definition) is 1. The van der Waals surface area contributed by atoms with Gasteiger partial charge in [-0.05, 0) is 12.1 Å². The molecule has 3 aromatic rings. The number of para-hydroxylation sites is 1. The summed E-state index contributed by atoms with van der Waals surface area (Å²) in [6, 6.07) is 17.4. The molecule has 0 bridgehead atoms. The lowest BCUT2D eigenvalue weighted by Crippen LogP contribution is -1.81. The zero-order valence-electron chi connectivity index (χ0n) is 9.58. The highest BCUT2D eigenvalue weighted by molar-refractivity contribution is 7.19. The highest BCUT2D eigenvalue weighted by Crippen LogP contribution is 2.24. The molecule has 0 radical (unpaired) electrons. The number of thiazole rings is 1. The van der Waals surface area contributed by atoms with Gasteiger partial charge in [-0.3, -0.25) is 0 Å². The second-order valence-corrected chi connectivity index (χ2v) is 4.98. The van der Waals surface area contributed by atoms with Crippen LogP contribution < -0.4 is 0 Å². The molecular weight excluding hydrogens is 242 g/mol. The van der Waals surface area contributed by atoms with Gasteiger partial charge in [0.15, 0.2) is 0 Å². The molecule has 18 heavy (non-hydrogen) atoms. The third-order valence-electron chi connectivity index (χ3n) is 2.64. The highest BCUT2D eigenvalue weighted by Gasteiger charge is 2.03. The lowest BCUT2D eigenvalue weighted by atomic mass is 10.2. The van der Waals surface area contributed by atoms with Crippen LogP contribution in [-0.4, -0.2) is 10.1 Å². The molecule has 0 saturated carbocycles. The van der Waals surface area contributed by atoms with E-state index in [0.717, 1.165) is 20.8 Å². The van der Waals surface area contributed by atoms with Gasteiger partial charge in [-0.2, -0.15) is 0 Å². The van der Waals surface area contributed by atoms with Crippen LogP contribution in [-0.2, 0) is 0 Å². The third kappa shape index (κ3) is 2.13. The van der Waals surface area contributed by atoms with Crippen LogP contribution in [0.25, 0.3) is 22.1 Å². The number of nitrogens with zero attached hydrogens (tertiary/aromatic N) is 1.